The van der Waals surface area contributed by atoms with E-state index in [4.69, 9.17) is 4.74 Å². The van der Waals surface area contributed by atoms with Crippen LogP contribution in [0.1, 0.15) is 21.6 Å². The molecule has 0 aliphatic rings. The summed E-state index contributed by atoms with van der Waals surface area (Å²) in [6, 6.07) is 5.01. The molecule has 24 heavy (non-hydrogen) atoms. The lowest BCUT2D eigenvalue weighted by atomic mass is 10.2. The molecule has 2 aromatic rings. The number of nitrogens with zero attached hydrogens (tertiary/aromatic N) is 1. The van der Waals surface area contributed by atoms with Crippen molar-refractivity contribution >= 4 is 11.8 Å². The summed E-state index contributed by atoms with van der Waals surface area (Å²) in [5.74, 6) is -0.564. The van der Waals surface area contributed by atoms with E-state index in [1.54, 1.807) is 13.0 Å². The molecule has 6 nitrogen and oxygen atoms in total. The van der Waals surface area contributed by atoms with Gasteiger partial charge in [0.1, 0.15) is 18.0 Å². The van der Waals surface area contributed by atoms with Crippen LogP contribution in [0.4, 0.5) is 19.0 Å². The topological polar surface area (TPSA) is 84.1 Å². The molecule has 0 fully saturated rings. The molecule has 2 N–H and O–H groups in total. The average Bonchev–Trinajstić information content (AvgIpc) is 2.51. The second-order valence-electron chi connectivity index (χ2n) is 4.88. The first-order valence-electron chi connectivity index (χ1n) is 6.91. The molecule has 2 aromatic heterocycles. The number of ether oxygens (including phenoxy) is 1. The summed E-state index contributed by atoms with van der Waals surface area (Å²) >= 11 is 0. The van der Waals surface area contributed by atoms with Crippen LogP contribution in [-0.4, -0.2) is 29.1 Å². The van der Waals surface area contributed by atoms with Crippen molar-refractivity contribution in [2.24, 2.45) is 0 Å². The van der Waals surface area contributed by atoms with Crippen molar-refractivity contribution in [1.82, 2.24) is 9.97 Å². The van der Waals surface area contributed by atoms with Crippen LogP contribution >= 0.6 is 0 Å². The van der Waals surface area contributed by atoms with E-state index in [1.165, 1.54) is 12.1 Å². The highest BCUT2D eigenvalue weighted by molar-refractivity contribution is 5.88. The van der Waals surface area contributed by atoms with Crippen LogP contribution in [-0.2, 0) is 10.9 Å². The fourth-order valence-electron chi connectivity index (χ4n) is 1.80. The van der Waals surface area contributed by atoms with Gasteiger partial charge < -0.3 is 15.0 Å². The van der Waals surface area contributed by atoms with E-state index in [1.807, 2.05) is 0 Å². The van der Waals surface area contributed by atoms with E-state index in [0.717, 1.165) is 6.07 Å². The van der Waals surface area contributed by atoms with Gasteiger partial charge in [-0.25, -0.2) is 9.78 Å². The Morgan fingerprint density at radius 2 is 2.04 bits per heavy atom. The smallest absolute Gasteiger partial charge is 0.417 e. The van der Waals surface area contributed by atoms with Crippen molar-refractivity contribution in [1.29, 1.82) is 0 Å². The number of rotatable bonds is 5. The highest BCUT2D eigenvalue weighted by Crippen LogP contribution is 2.28. The first-order chi connectivity index (χ1) is 11.3. The Morgan fingerprint density at radius 1 is 1.29 bits per heavy atom. The molecule has 9 heteroatoms. The lowest BCUT2D eigenvalue weighted by molar-refractivity contribution is -0.137. The fraction of sp³-hybridized carbons (Fsp3) is 0.267. The summed E-state index contributed by atoms with van der Waals surface area (Å²) in [4.78, 5) is 29.4. The number of aromatic amines is 1. The third kappa shape index (κ3) is 4.58. The number of H-pyrrole nitrogens is 1. The minimum absolute atomic E-state index is 0.0746. The number of carbonyl (C=O) groups is 1. The summed E-state index contributed by atoms with van der Waals surface area (Å²) < 4.78 is 42.1. The van der Waals surface area contributed by atoms with Gasteiger partial charge in [-0.1, -0.05) is 0 Å². The van der Waals surface area contributed by atoms with Gasteiger partial charge in [-0.2, -0.15) is 13.2 Å². The summed E-state index contributed by atoms with van der Waals surface area (Å²) in [5, 5.41) is 2.71. The van der Waals surface area contributed by atoms with Gasteiger partial charge in [0.05, 0.1) is 12.1 Å². The molecule has 0 amide bonds. The first kappa shape index (κ1) is 17.5. The van der Waals surface area contributed by atoms with Crippen molar-refractivity contribution in [3.05, 3.63) is 57.6 Å². The van der Waals surface area contributed by atoms with E-state index in [9.17, 15) is 22.8 Å². The molecule has 0 saturated heterocycles. The van der Waals surface area contributed by atoms with Crippen LogP contribution < -0.4 is 10.9 Å². The molecule has 0 bridgehead atoms. The van der Waals surface area contributed by atoms with Gasteiger partial charge in [-0.05, 0) is 31.2 Å². The number of aromatic nitrogens is 2. The van der Waals surface area contributed by atoms with Gasteiger partial charge in [0, 0.05) is 11.9 Å². The zero-order valence-corrected chi connectivity index (χ0v) is 12.6. The van der Waals surface area contributed by atoms with Crippen LogP contribution in [0.15, 0.2) is 35.3 Å². The van der Waals surface area contributed by atoms with Gasteiger partial charge in [-0.3, -0.25) is 4.79 Å². The molecular weight excluding hydrogens is 327 g/mol. The van der Waals surface area contributed by atoms with Gasteiger partial charge in [-0.15, -0.1) is 0 Å². The van der Waals surface area contributed by atoms with Crippen molar-refractivity contribution in [3.8, 4) is 0 Å². The Labute approximate surface area is 134 Å². The molecule has 2 heterocycles. The molecule has 0 aliphatic carbocycles. The number of aryl methyl sites for hydroxylation is 1. The highest BCUT2D eigenvalue weighted by atomic mass is 19.4. The van der Waals surface area contributed by atoms with E-state index >= 15 is 0 Å². The van der Waals surface area contributed by atoms with Crippen molar-refractivity contribution in [2.45, 2.75) is 13.1 Å². The largest absolute Gasteiger partial charge is 0.460 e. The number of halogens is 3. The second-order valence-corrected chi connectivity index (χ2v) is 4.88. The zero-order chi connectivity index (χ0) is 17.7. The maximum absolute atomic E-state index is 12.4. The van der Waals surface area contributed by atoms with Crippen molar-refractivity contribution in [3.63, 3.8) is 0 Å². The Bertz CT molecular complexity index is 770. The minimum Gasteiger partial charge on any atom is -0.460 e. The van der Waals surface area contributed by atoms with E-state index in [2.05, 4.69) is 15.3 Å². The predicted molar refractivity (Wildman–Crippen MR) is 79.8 cm³/mol. The van der Waals surface area contributed by atoms with E-state index in [0.29, 0.717) is 11.9 Å². The van der Waals surface area contributed by atoms with E-state index < -0.39 is 23.3 Å². The number of nitrogens with one attached hydrogen (secondary N) is 2. The lowest BCUT2D eigenvalue weighted by Gasteiger charge is -2.09. The molecule has 0 saturated carbocycles. The summed E-state index contributed by atoms with van der Waals surface area (Å²) in [7, 11) is 0. The summed E-state index contributed by atoms with van der Waals surface area (Å²) in [6.07, 6.45) is -3.73. The van der Waals surface area contributed by atoms with Crippen LogP contribution in [0.25, 0.3) is 0 Å². The third-order valence-corrected chi connectivity index (χ3v) is 3.01. The van der Waals surface area contributed by atoms with E-state index in [-0.39, 0.29) is 24.5 Å². The quantitative estimate of drug-likeness (QED) is 0.644. The number of esters is 1. The molecular formula is C15H14F3N3O3. The monoisotopic (exact) mass is 341 g/mol. The molecule has 0 aromatic carbocycles. The van der Waals surface area contributed by atoms with Gasteiger partial charge >= 0.3 is 12.1 Å². The number of carbonyl (C=O) groups excluding carboxylic acids is 1. The predicted octanol–water partition coefficient (Wildman–Crippen LogP) is 2.37. The molecule has 128 valence electrons. The van der Waals surface area contributed by atoms with Crippen LogP contribution in [0, 0.1) is 6.92 Å². The SMILES string of the molecule is Cc1ccc(C(=O)OCCNc2ccc(C(F)(F)F)cn2)c(=O)[nH]1. The molecule has 0 radical (unpaired) electrons. The molecule has 0 aliphatic heterocycles. The number of alkyl halides is 3. The van der Waals surface area contributed by atoms with Crippen LogP contribution in [0.3, 0.4) is 0 Å². The Kier molecular flexibility index (Phi) is 5.22. The Balaban J connectivity index is 1.82. The minimum atomic E-state index is -4.44. The average molecular weight is 341 g/mol. The molecule has 0 spiro atoms. The Hall–Kier alpha value is -2.84. The summed E-state index contributed by atoms with van der Waals surface area (Å²) in [6.45, 7) is 1.74. The second kappa shape index (κ2) is 7.16. The number of anilines is 1. The number of hydrogen-bond donors (Lipinski definition) is 2. The summed E-state index contributed by atoms with van der Waals surface area (Å²) in [5.41, 5.74) is -0.893. The fourth-order valence-corrected chi connectivity index (χ4v) is 1.80. The van der Waals surface area contributed by atoms with Gasteiger partial charge in [0.15, 0.2) is 0 Å². The van der Waals surface area contributed by atoms with Crippen molar-refractivity contribution in [2.75, 3.05) is 18.5 Å². The maximum atomic E-state index is 12.4. The third-order valence-electron chi connectivity index (χ3n) is 3.01. The highest BCUT2D eigenvalue weighted by Gasteiger charge is 2.30. The zero-order valence-electron chi connectivity index (χ0n) is 12.6. The molecule has 0 unspecified atom stereocenters. The maximum Gasteiger partial charge on any atom is 0.417 e. The van der Waals surface area contributed by atoms with Crippen LogP contribution in [0.2, 0.25) is 0 Å². The van der Waals surface area contributed by atoms with Gasteiger partial charge in [0.25, 0.3) is 5.56 Å². The first-order valence-corrected chi connectivity index (χ1v) is 6.91. The lowest BCUT2D eigenvalue weighted by Crippen LogP contribution is -2.22. The molecule has 2 rings (SSSR count). The number of hydrogen-bond acceptors (Lipinski definition) is 5. The normalized spacial score (nSPS) is 11.2. The standard InChI is InChI=1S/C15H14F3N3O3/c1-9-2-4-11(13(22)21-9)14(23)24-7-6-19-12-5-3-10(8-20-12)15(16,17)18/h2-5,8H,6-7H2,1H3,(H,19,20)(H,21,22). The van der Waals surface area contributed by atoms with Gasteiger partial charge in [0.2, 0.25) is 0 Å². The van der Waals surface area contributed by atoms with Crippen LogP contribution in [0.5, 0.6) is 0 Å². The number of pyridine rings is 2. The Morgan fingerprint density at radius 3 is 2.62 bits per heavy atom. The van der Waals surface area contributed by atoms with Crippen molar-refractivity contribution < 1.29 is 22.7 Å². The molecule has 0 atom stereocenters.